The Labute approximate surface area is 178 Å². The minimum atomic E-state index is -1.52. The van der Waals surface area contributed by atoms with Gasteiger partial charge >= 0.3 is 13.1 Å². The number of rotatable bonds is 10. The normalized spacial score (nSPS) is 21.6. The summed E-state index contributed by atoms with van der Waals surface area (Å²) in [4.78, 5) is 36.3. The van der Waals surface area contributed by atoms with Gasteiger partial charge in [-0.1, -0.05) is 13.0 Å². The SMILES string of the molecule is C[C@@H](CN1CC(Oc2ccc([C@H]3C[C@H]3B(O)O)c(O)c2C(=O)O)C1)C(=O)NCC(N)=O. The fraction of sp³-hybridized carbons (Fsp3) is 0.526. The van der Waals surface area contributed by atoms with Crippen molar-refractivity contribution in [1.29, 1.82) is 0 Å². The highest BCUT2D eigenvalue weighted by atomic mass is 16.5. The van der Waals surface area contributed by atoms with E-state index in [1.54, 1.807) is 13.0 Å². The third-order valence-electron chi connectivity index (χ3n) is 5.64. The van der Waals surface area contributed by atoms with Crippen LogP contribution in [0.25, 0.3) is 0 Å². The molecule has 11 nitrogen and oxygen atoms in total. The number of ether oxygens (including phenoxy) is 1. The van der Waals surface area contributed by atoms with E-state index < -0.39 is 30.6 Å². The van der Waals surface area contributed by atoms with Crippen molar-refractivity contribution < 1.29 is 39.4 Å². The molecule has 1 aliphatic heterocycles. The standard InChI is InChI=1S/C19H26BN3O8/c1-9(18(26)22-5-15(21)24)6-23-7-10(8-23)31-14-3-2-11(12-4-13(12)20(29)30)17(25)16(14)19(27)28/h2-3,9-10,12-13,25,29-30H,4-8H2,1H3,(H2,21,24)(H,22,26)(H,27,28)/t9-,12+,13+/m0/s1. The molecule has 168 valence electrons. The number of hydrogen-bond acceptors (Lipinski definition) is 8. The Hall–Kier alpha value is -2.83. The average molecular weight is 435 g/mol. The molecule has 12 heteroatoms. The lowest BCUT2D eigenvalue weighted by Gasteiger charge is -2.40. The van der Waals surface area contributed by atoms with E-state index in [-0.39, 0.29) is 41.7 Å². The number of aromatic carboxylic acids is 1. The van der Waals surface area contributed by atoms with E-state index in [0.717, 1.165) is 0 Å². The van der Waals surface area contributed by atoms with Gasteiger partial charge in [0, 0.05) is 31.4 Å². The third kappa shape index (κ3) is 5.27. The number of benzene rings is 1. The maximum atomic E-state index is 11.9. The van der Waals surface area contributed by atoms with Gasteiger partial charge in [-0.05, 0) is 24.0 Å². The molecule has 3 rings (SSSR count). The lowest BCUT2D eigenvalue weighted by atomic mass is 9.81. The summed E-state index contributed by atoms with van der Waals surface area (Å²) in [6.07, 6.45) is 0.143. The Balaban J connectivity index is 1.57. The van der Waals surface area contributed by atoms with Gasteiger partial charge in [-0.2, -0.15) is 0 Å². The summed E-state index contributed by atoms with van der Waals surface area (Å²) in [6, 6.07) is 3.02. The first-order valence-corrected chi connectivity index (χ1v) is 9.98. The Morgan fingerprint density at radius 2 is 2.00 bits per heavy atom. The van der Waals surface area contributed by atoms with Crippen molar-refractivity contribution in [2.24, 2.45) is 11.7 Å². The molecule has 2 aliphatic rings. The van der Waals surface area contributed by atoms with Crippen LogP contribution < -0.4 is 15.8 Å². The van der Waals surface area contributed by atoms with Crippen molar-refractivity contribution in [2.75, 3.05) is 26.2 Å². The predicted octanol–water partition coefficient (Wildman–Crippen LogP) is -1.28. The van der Waals surface area contributed by atoms with Crippen molar-refractivity contribution in [3.8, 4) is 11.5 Å². The molecular formula is C19H26BN3O8. The summed E-state index contributed by atoms with van der Waals surface area (Å²) in [5.74, 6) is -3.75. The molecular weight excluding hydrogens is 409 g/mol. The molecule has 0 bridgehead atoms. The molecule has 1 aromatic rings. The second kappa shape index (κ2) is 9.12. The topological polar surface area (TPSA) is 183 Å². The quantitative estimate of drug-likeness (QED) is 0.244. The number of carbonyl (C=O) groups is 3. The number of carbonyl (C=O) groups excluding carboxylic acids is 2. The molecule has 2 amide bonds. The van der Waals surface area contributed by atoms with Crippen molar-refractivity contribution >= 4 is 24.9 Å². The zero-order valence-electron chi connectivity index (χ0n) is 17.0. The van der Waals surface area contributed by atoms with Crippen LogP contribution in [-0.4, -0.2) is 82.3 Å². The van der Waals surface area contributed by atoms with E-state index in [1.165, 1.54) is 6.07 Å². The number of nitrogens with one attached hydrogen (secondary N) is 1. The number of primary amides is 1. The van der Waals surface area contributed by atoms with E-state index >= 15 is 0 Å². The molecule has 3 atom stereocenters. The van der Waals surface area contributed by atoms with Gasteiger partial charge in [-0.25, -0.2) is 4.79 Å². The largest absolute Gasteiger partial charge is 0.507 e. The molecule has 1 saturated carbocycles. The fourth-order valence-corrected chi connectivity index (χ4v) is 3.84. The Morgan fingerprint density at radius 1 is 1.32 bits per heavy atom. The second-order valence-corrected chi connectivity index (χ2v) is 8.14. The fourth-order valence-electron chi connectivity index (χ4n) is 3.84. The number of phenols is 1. The van der Waals surface area contributed by atoms with Gasteiger partial charge in [-0.3, -0.25) is 14.5 Å². The van der Waals surface area contributed by atoms with Gasteiger partial charge in [-0.15, -0.1) is 0 Å². The molecule has 1 aliphatic carbocycles. The third-order valence-corrected chi connectivity index (χ3v) is 5.64. The molecule has 0 aromatic heterocycles. The molecule has 0 spiro atoms. The summed E-state index contributed by atoms with van der Waals surface area (Å²) < 4.78 is 5.76. The highest BCUT2D eigenvalue weighted by Crippen LogP contribution is 2.56. The highest BCUT2D eigenvalue weighted by Gasteiger charge is 2.48. The number of likely N-dealkylation sites (tertiary alicyclic amines) is 1. The maximum absolute atomic E-state index is 11.9. The van der Waals surface area contributed by atoms with Gasteiger partial charge in [0.05, 0.1) is 6.54 Å². The summed E-state index contributed by atoms with van der Waals surface area (Å²) in [5, 5.41) is 41.0. The first kappa shape index (κ1) is 22.9. The lowest BCUT2D eigenvalue weighted by molar-refractivity contribution is -0.128. The van der Waals surface area contributed by atoms with Crippen LogP contribution in [0.3, 0.4) is 0 Å². The summed E-state index contributed by atoms with van der Waals surface area (Å²) in [7, 11) is -1.52. The molecule has 1 saturated heterocycles. The molecule has 7 N–H and O–H groups in total. The van der Waals surface area contributed by atoms with Crippen LogP contribution in [0, 0.1) is 5.92 Å². The number of carboxylic acids is 1. The maximum Gasteiger partial charge on any atom is 0.455 e. The van der Waals surface area contributed by atoms with Gasteiger partial charge in [0.15, 0.2) is 0 Å². The van der Waals surface area contributed by atoms with Crippen LogP contribution >= 0.6 is 0 Å². The van der Waals surface area contributed by atoms with Crippen LogP contribution in [0.4, 0.5) is 0 Å². The summed E-state index contributed by atoms with van der Waals surface area (Å²) >= 11 is 0. The monoisotopic (exact) mass is 435 g/mol. The highest BCUT2D eigenvalue weighted by molar-refractivity contribution is 6.44. The number of hydrogen-bond donors (Lipinski definition) is 6. The first-order chi connectivity index (χ1) is 14.6. The van der Waals surface area contributed by atoms with Crippen LogP contribution in [-0.2, 0) is 9.59 Å². The first-order valence-electron chi connectivity index (χ1n) is 9.98. The predicted molar refractivity (Wildman–Crippen MR) is 109 cm³/mol. The van der Waals surface area contributed by atoms with Crippen molar-refractivity contribution in [3.63, 3.8) is 0 Å². The van der Waals surface area contributed by atoms with Crippen LogP contribution in [0.2, 0.25) is 5.82 Å². The minimum absolute atomic E-state index is 0.0346. The molecule has 0 unspecified atom stereocenters. The van der Waals surface area contributed by atoms with E-state index in [2.05, 4.69) is 5.32 Å². The Kier molecular flexibility index (Phi) is 6.72. The molecule has 1 heterocycles. The van der Waals surface area contributed by atoms with Crippen LogP contribution in [0.5, 0.6) is 11.5 Å². The number of nitrogens with two attached hydrogens (primary N) is 1. The minimum Gasteiger partial charge on any atom is -0.507 e. The molecule has 31 heavy (non-hydrogen) atoms. The average Bonchev–Trinajstić information content (AvgIpc) is 3.44. The Bertz CT molecular complexity index is 874. The van der Waals surface area contributed by atoms with E-state index in [9.17, 15) is 34.6 Å². The molecule has 2 fully saturated rings. The van der Waals surface area contributed by atoms with Crippen LogP contribution in [0.15, 0.2) is 12.1 Å². The zero-order valence-corrected chi connectivity index (χ0v) is 17.0. The number of nitrogens with zero attached hydrogens (tertiary/aromatic N) is 1. The summed E-state index contributed by atoms with van der Waals surface area (Å²) in [6.45, 7) is 2.88. The second-order valence-electron chi connectivity index (χ2n) is 8.14. The van der Waals surface area contributed by atoms with Gasteiger partial charge in [0.25, 0.3) is 0 Å². The molecule has 0 radical (unpaired) electrons. The zero-order chi connectivity index (χ0) is 22.9. The molecule has 1 aromatic carbocycles. The van der Waals surface area contributed by atoms with Gasteiger partial charge in [0.2, 0.25) is 11.8 Å². The van der Waals surface area contributed by atoms with Crippen molar-refractivity contribution in [2.45, 2.75) is 31.2 Å². The van der Waals surface area contributed by atoms with Crippen molar-refractivity contribution in [3.05, 3.63) is 23.3 Å². The lowest BCUT2D eigenvalue weighted by Crippen LogP contribution is -2.56. The number of amides is 2. The van der Waals surface area contributed by atoms with E-state index in [4.69, 9.17) is 10.5 Å². The van der Waals surface area contributed by atoms with E-state index in [1.807, 2.05) is 4.90 Å². The summed E-state index contributed by atoms with van der Waals surface area (Å²) in [5.41, 5.74) is 5.00. The smallest absolute Gasteiger partial charge is 0.455 e. The number of carboxylic acid groups (broad SMARTS) is 1. The van der Waals surface area contributed by atoms with Gasteiger partial charge in [0.1, 0.15) is 23.2 Å². The Morgan fingerprint density at radius 3 is 2.55 bits per heavy atom. The van der Waals surface area contributed by atoms with Crippen LogP contribution in [0.1, 0.15) is 35.2 Å². The van der Waals surface area contributed by atoms with Gasteiger partial charge < -0.3 is 36.0 Å². The van der Waals surface area contributed by atoms with E-state index in [0.29, 0.717) is 31.6 Å². The number of aromatic hydroxyl groups is 1. The van der Waals surface area contributed by atoms with Crippen molar-refractivity contribution in [1.82, 2.24) is 10.2 Å².